The Morgan fingerprint density at radius 2 is 2.36 bits per heavy atom. The summed E-state index contributed by atoms with van der Waals surface area (Å²) in [7, 11) is 0. The molecule has 14 heavy (non-hydrogen) atoms. The van der Waals surface area contributed by atoms with Crippen LogP contribution in [-0.4, -0.2) is 16.8 Å². The van der Waals surface area contributed by atoms with E-state index in [0.29, 0.717) is 18.8 Å². The van der Waals surface area contributed by atoms with Gasteiger partial charge in [0.15, 0.2) is 0 Å². The number of nitrogens with one attached hydrogen (secondary N) is 1. The van der Waals surface area contributed by atoms with Crippen molar-refractivity contribution in [2.45, 2.75) is 19.9 Å². The molecule has 3 nitrogen and oxygen atoms in total. The van der Waals surface area contributed by atoms with Gasteiger partial charge in [0.05, 0.1) is 0 Å². The second-order valence-electron chi connectivity index (χ2n) is 3.02. The summed E-state index contributed by atoms with van der Waals surface area (Å²) < 4.78 is 0. The van der Waals surface area contributed by atoms with E-state index in [4.69, 9.17) is 11.6 Å². The summed E-state index contributed by atoms with van der Waals surface area (Å²) in [5.41, 5.74) is 1.97. The highest BCUT2D eigenvalue weighted by molar-refractivity contribution is 6.18. The molecule has 0 saturated heterocycles. The molecular formula is C10H13ClN2O. The fraction of sp³-hybridized carbons (Fsp3) is 0.400. The highest BCUT2D eigenvalue weighted by Crippen LogP contribution is 1.98. The fourth-order valence-electron chi connectivity index (χ4n) is 0.978. The van der Waals surface area contributed by atoms with Crippen molar-refractivity contribution >= 4 is 17.5 Å². The van der Waals surface area contributed by atoms with E-state index < -0.39 is 0 Å². The molecule has 1 aromatic rings. The maximum absolute atomic E-state index is 11.1. The summed E-state index contributed by atoms with van der Waals surface area (Å²) in [5.74, 6) is 0.332. The van der Waals surface area contributed by atoms with Crippen molar-refractivity contribution in [3.8, 4) is 0 Å². The van der Waals surface area contributed by atoms with Crippen LogP contribution in [0.25, 0.3) is 0 Å². The lowest BCUT2D eigenvalue weighted by molar-refractivity contribution is -0.120. The van der Waals surface area contributed by atoms with Crippen molar-refractivity contribution in [1.29, 1.82) is 0 Å². The molecule has 1 rings (SSSR count). The molecule has 0 bridgehead atoms. The number of rotatable bonds is 4. The first kappa shape index (κ1) is 11.0. The van der Waals surface area contributed by atoms with E-state index in [1.54, 1.807) is 6.20 Å². The van der Waals surface area contributed by atoms with Gasteiger partial charge < -0.3 is 5.32 Å². The molecule has 0 atom stereocenters. The second-order valence-corrected chi connectivity index (χ2v) is 3.40. The van der Waals surface area contributed by atoms with E-state index in [0.717, 1.165) is 11.3 Å². The maximum Gasteiger partial charge on any atom is 0.221 e. The number of nitrogens with zero attached hydrogens (tertiary/aromatic N) is 1. The summed E-state index contributed by atoms with van der Waals surface area (Å²) in [6.45, 7) is 2.44. The van der Waals surface area contributed by atoms with E-state index in [9.17, 15) is 4.79 Å². The van der Waals surface area contributed by atoms with Gasteiger partial charge in [-0.05, 0) is 18.6 Å². The van der Waals surface area contributed by atoms with Crippen molar-refractivity contribution in [2.75, 3.05) is 5.88 Å². The van der Waals surface area contributed by atoms with Crippen LogP contribution in [0.3, 0.4) is 0 Å². The summed E-state index contributed by atoms with van der Waals surface area (Å²) in [6, 6.07) is 3.87. The zero-order valence-electron chi connectivity index (χ0n) is 8.09. The highest BCUT2D eigenvalue weighted by Gasteiger charge is 1.99. The average Bonchev–Trinajstić information content (AvgIpc) is 2.17. The second kappa shape index (κ2) is 5.60. The Hall–Kier alpha value is -1.09. The number of carbonyl (C=O) groups excluding carboxylic acids is 1. The van der Waals surface area contributed by atoms with Crippen LogP contribution in [0.4, 0.5) is 0 Å². The van der Waals surface area contributed by atoms with E-state index in [2.05, 4.69) is 10.3 Å². The minimum absolute atomic E-state index is 0.0272. The predicted molar refractivity (Wildman–Crippen MR) is 56.2 cm³/mol. The van der Waals surface area contributed by atoms with Crippen molar-refractivity contribution < 1.29 is 4.79 Å². The molecule has 1 aromatic heterocycles. The zero-order valence-corrected chi connectivity index (χ0v) is 8.84. The Morgan fingerprint density at radius 3 is 2.93 bits per heavy atom. The molecule has 0 aromatic carbocycles. The first-order chi connectivity index (χ1) is 6.72. The lowest BCUT2D eigenvalue weighted by Crippen LogP contribution is -2.22. The number of aryl methyl sites for hydroxylation is 1. The fourth-order valence-corrected chi connectivity index (χ4v) is 1.15. The molecule has 4 heteroatoms. The van der Waals surface area contributed by atoms with Gasteiger partial charge >= 0.3 is 0 Å². The predicted octanol–water partition coefficient (Wildman–Crippen LogP) is 1.64. The zero-order chi connectivity index (χ0) is 10.4. The standard InChI is InChI=1S/C10H13ClN2O/c1-8-2-3-9(6-12-8)7-13-10(14)4-5-11/h2-3,6H,4-5,7H2,1H3,(H,13,14). The Morgan fingerprint density at radius 1 is 1.57 bits per heavy atom. The van der Waals surface area contributed by atoms with Crippen LogP contribution in [0.15, 0.2) is 18.3 Å². The molecule has 0 aliphatic heterocycles. The van der Waals surface area contributed by atoms with Crippen LogP contribution in [0.5, 0.6) is 0 Å². The number of alkyl halides is 1. The summed E-state index contributed by atoms with van der Waals surface area (Å²) in [4.78, 5) is 15.2. The third-order valence-electron chi connectivity index (χ3n) is 1.78. The number of hydrogen-bond acceptors (Lipinski definition) is 2. The molecule has 76 valence electrons. The third-order valence-corrected chi connectivity index (χ3v) is 1.97. The van der Waals surface area contributed by atoms with Crippen molar-refractivity contribution in [1.82, 2.24) is 10.3 Å². The van der Waals surface area contributed by atoms with Gasteiger partial charge in [0.2, 0.25) is 5.91 Å². The minimum Gasteiger partial charge on any atom is -0.352 e. The molecule has 0 aliphatic rings. The smallest absolute Gasteiger partial charge is 0.221 e. The molecular weight excluding hydrogens is 200 g/mol. The Labute approximate surface area is 88.5 Å². The van der Waals surface area contributed by atoms with Gasteiger partial charge in [-0.3, -0.25) is 9.78 Å². The van der Waals surface area contributed by atoms with Crippen LogP contribution in [0.1, 0.15) is 17.7 Å². The van der Waals surface area contributed by atoms with E-state index in [-0.39, 0.29) is 5.91 Å². The number of pyridine rings is 1. The highest BCUT2D eigenvalue weighted by atomic mass is 35.5. The lowest BCUT2D eigenvalue weighted by Gasteiger charge is -2.03. The quantitative estimate of drug-likeness (QED) is 0.771. The number of amides is 1. The van der Waals surface area contributed by atoms with Gasteiger partial charge in [0.25, 0.3) is 0 Å². The average molecular weight is 213 g/mol. The van der Waals surface area contributed by atoms with Crippen molar-refractivity contribution in [2.24, 2.45) is 0 Å². The molecule has 0 fully saturated rings. The number of hydrogen-bond donors (Lipinski definition) is 1. The van der Waals surface area contributed by atoms with E-state index in [1.807, 2.05) is 19.1 Å². The molecule has 1 N–H and O–H groups in total. The van der Waals surface area contributed by atoms with Gasteiger partial charge in [-0.1, -0.05) is 6.07 Å². The molecule has 0 aliphatic carbocycles. The van der Waals surface area contributed by atoms with Gasteiger partial charge in [0.1, 0.15) is 0 Å². The van der Waals surface area contributed by atoms with Crippen LogP contribution >= 0.6 is 11.6 Å². The molecule has 1 amide bonds. The summed E-state index contributed by atoms with van der Waals surface area (Å²) >= 11 is 5.43. The third kappa shape index (κ3) is 3.75. The Kier molecular flexibility index (Phi) is 4.40. The van der Waals surface area contributed by atoms with E-state index >= 15 is 0 Å². The van der Waals surface area contributed by atoms with Gasteiger partial charge in [-0.2, -0.15) is 0 Å². The largest absolute Gasteiger partial charge is 0.352 e. The van der Waals surface area contributed by atoms with Crippen LogP contribution in [0.2, 0.25) is 0 Å². The van der Waals surface area contributed by atoms with E-state index in [1.165, 1.54) is 0 Å². The van der Waals surface area contributed by atoms with Gasteiger partial charge in [-0.25, -0.2) is 0 Å². The first-order valence-electron chi connectivity index (χ1n) is 4.46. The monoisotopic (exact) mass is 212 g/mol. The topological polar surface area (TPSA) is 42.0 Å². The van der Waals surface area contributed by atoms with Crippen molar-refractivity contribution in [3.63, 3.8) is 0 Å². The number of halogens is 1. The first-order valence-corrected chi connectivity index (χ1v) is 5.00. The lowest BCUT2D eigenvalue weighted by atomic mass is 10.2. The van der Waals surface area contributed by atoms with Gasteiger partial charge in [-0.15, -0.1) is 11.6 Å². The molecule has 0 spiro atoms. The Bertz CT molecular complexity index is 297. The van der Waals surface area contributed by atoms with Crippen LogP contribution in [0, 0.1) is 6.92 Å². The Balaban J connectivity index is 2.38. The minimum atomic E-state index is -0.0272. The maximum atomic E-state index is 11.1. The number of carbonyl (C=O) groups is 1. The van der Waals surface area contributed by atoms with Crippen molar-refractivity contribution in [3.05, 3.63) is 29.6 Å². The van der Waals surface area contributed by atoms with Crippen LogP contribution < -0.4 is 5.32 Å². The van der Waals surface area contributed by atoms with Crippen LogP contribution in [-0.2, 0) is 11.3 Å². The molecule has 1 heterocycles. The summed E-state index contributed by atoms with van der Waals surface area (Å²) in [5, 5.41) is 2.76. The number of aromatic nitrogens is 1. The molecule has 0 saturated carbocycles. The molecule has 0 unspecified atom stereocenters. The normalized spacial score (nSPS) is 9.86. The molecule has 0 radical (unpaired) electrons. The summed E-state index contributed by atoms with van der Waals surface area (Å²) in [6.07, 6.45) is 2.12. The van der Waals surface area contributed by atoms with Gasteiger partial charge in [0, 0.05) is 30.7 Å². The SMILES string of the molecule is Cc1ccc(CNC(=O)CCCl)cn1.